The molecule has 2 N–H and O–H groups in total. The minimum atomic E-state index is -0.359. The number of rotatable bonds is 5. The van der Waals surface area contributed by atoms with E-state index in [-0.39, 0.29) is 17.6 Å². The van der Waals surface area contributed by atoms with Gasteiger partial charge in [0.05, 0.1) is 6.04 Å². The number of hydrogen-bond donors (Lipinski definition) is 2. The second-order valence-electron chi connectivity index (χ2n) is 6.55. The number of anilines is 1. The number of Topliss-reactive ketones (excluding diaryl/α,β-unsaturated/α-hetero) is 1. The van der Waals surface area contributed by atoms with Crippen LogP contribution in [-0.4, -0.2) is 20.9 Å². The molecule has 2 heterocycles. The van der Waals surface area contributed by atoms with Crippen molar-refractivity contribution >= 4 is 22.5 Å². The summed E-state index contributed by atoms with van der Waals surface area (Å²) in [6.07, 6.45) is 3.37. The number of phenols is 1. The maximum Gasteiger partial charge on any atom is 0.159 e. The number of pyridine rings is 2. The Labute approximate surface area is 162 Å². The van der Waals surface area contributed by atoms with Gasteiger partial charge in [0.2, 0.25) is 0 Å². The highest BCUT2D eigenvalue weighted by atomic mass is 16.3. The van der Waals surface area contributed by atoms with Crippen LogP contribution in [0.2, 0.25) is 0 Å². The van der Waals surface area contributed by atoms with Crippen molar-refractivity contribution in [3.63, 3.8) is 0 Å². The normalized spacial score (nSPS) is 11.9. The zero-order valence-corrected chi connectivity index (χ0v) is 15.3. The Hall–Kier alpha value is -3.73. The van der Waals surface area contributed by atoms with Crippen LogP contribution < -0.4 is 5.32 Å². The Kier molecular flexibility index (Phi) is 4.72. The van der Waals surface area contributed by atoms with E-state index in [1.165, 1.54) is 0 Å². The van der Waals surface area contributed by atoms with Gasteiger partial charge in [0, 0.05) is 28.9 Å². The van der Waals surface area contributed by atoms with Crippen LogP contribution in [0.3, 0.4) is 0 Å². The van der Waals surface area contributed by atoms with Gasteiger partial charge >= 0.3 is 0 Å². The van der Waals surface area contributed by atoms with E-state index in [1.807, 2.05) is 54.6 Å². The topological polar surface area (TPSA) is 75.1 Å². The molecule has 0 saturated heterocycles. The molecular formula is C23H19N3O2. The number of carbonyl (C=O) groups excluding carboxylic acids is 1. The molecule has 0 aliphatic carbocycles. The first kappa shape index (κ1) is 17.7. The monoisotopic (exact) mass is 369 g/mol. The minimum Gasteiger partial charge on any atom is -0.505 e. The predicted molar refractivity (Wildman–Crippen MR) is 110 cm³/mol. The number of aromatic hydroxyl groups is 1. The molecule has 1 atom stereocenters. The van der Waals surface area contributed by atoms with E-state index >= 15 is 0 Å². The van der Waals surface area contributed by atoms with Crippen molar-refractivity contribution < 1.29 is 9.90 Å². The van der Waals surface area contributed by atoms with Gasteiger partial charge in [-0.15, -0.1) is 0 Å². The Morgan fingerprint density at radius 1 is 0.929 bits per heavy atom. The molecular weight excluding hydrogens is 350 g/mol. The minimum absolute atomic E-state index is 0.0125. The van der Waals surface area contributed by atoms with Crippen LogP contribution in [0.1, 0.15) is 34.5 Å². The van der Waals surface area contributed by atoms with Crippen molar-refractivity contribution in [1.82, 2.24) is 9.97 Å². The second-order valence-corrected chi connectivity index (χ2v) is 6.55. The molecule has 4 rings (SSSR count). The molecule has 4 aromatic rings. The number of nitrogens with one attached hydrogen (secondary N) is 1. The van der Waals surface area contributed by atoms with Crippen molar-refractivity contribution in [3.05, 3.63) is 95.8 Å². The molecule has 0 amide bonds. The van der Waals surface area contributed by atoms with Crippen molar-refractivity contribution in [2.75, 3.05) is 5.32 Å². The van der Waals surface area contributed by atoms with Crippen LogP contribution in [0.5, 0.6) is 5.75 Å². The zero-order valence-electron chi connectivity index (χ0n) is 15.3. The highest BCUT2D eigenvalue weighted by Crippen LogP contribution is 2.36. The van der Waals surface area contributed by atoms with E-state index in [1.54, 1.807) is 31.5 Å². The van der Waals surface area contributed by atoms with E-state index in [9.17, 15) is 9.90 Å². The predicted octanol–water partition coefficient (Wildman–Crippen LogP) is 4.74. The molecule has 0 radical (unpaired) electrons. The zero-order chi connectivity index (χ0) is 19.5. The number of nitrogens with zero attached hydrogens (tertiary/aromatic N) is 2. The van der Waals surface area contributed by atoms with Gasteiger partial charge in [-0.2, -0.15) is 0 Å². The third-order valence-corrected chi connectivity index (χ3v) is 4.70. The molecule has 5 nitrogen and oxygen atoms in total. The van der Waals surface area contributed by atoms with Crippen molar-refractivity contribution in [2.24, 2.45) is 0 Å². The van der Waals surface area contributed by atoms with Gasteiger partial charge in [-0.05, 0) is 30.7 Å². The fourth-order valence-corrected chi connectivity index (χ4v) is 3.23. The van der Waals surface area contributed by atoms with E-state index in [0.717, 1.165) is 10.9 Å². The number of phenolic OH excluding ortho intramolecular Hbond substituents is 1. The number of benzene rings is 2. The highest BCUT2D eigenvalue weighted by molar-refractivity contribution is 5.94. The number of aromatic nitrogens is 2. The lowest BCUT2D eigenvalue weighted by molar-refractivity contribution is 0.101. The largest absolute Gasteiger partial charge is 0.505 e. The smallest absolute Gasteiger partial charge is 0.159 e. The fourth-order valence-electron chi connectivity index (χ4n) is 3.23. The molecule has 0 fully saturated rings. The summed E-state index contributed by atoms with van der Waals surface area (Å²) in [4.78, 5) is 20.3. The van der Waals surface area contributed by atoms with Crippen LogP contribution >= 0.6 is 0 Å². The molecule has 2 aromatic heterocycles. The lowest BCUT2D eigenvalue weighted by Gasteiger charge is -2.22. The summed E-state index contributed by atoms with van der Waals surface area (Å²) in [7, 11) is 0. The number of carbonyl (C=O) groups is 1. The summed E-state index contributed by atoms with van der Waals surface area (Å²) >= 11 is 0. The van der Waals surface area contributed by atoms with Gasteiger partial charge in [-0.25, -0.2) is 4.98 Å². The van der Waals surface area contributed by atoms with Gasteiger partial charge in [-0.1, -0.05) is 48.5 Å². The summed E-state index contributed by atoms with van der Waals surface area (Å²) < 4.78 is 0. The molecule has 0 saturated carbocycles. The van der Waals surface area contributed by atoms with Gasteiger partial charge in [-0.3, -0.25) is 9.78 Å². The standard InChI is InChI=1S/C23H19N3O2/c1-15(27)16-7-9-18(10-8-16)21(26-20-6-2-3-13-24-20)19-12-11-17-5-4-14-25-22(17)23(19)28/h2-14,21,28H,1H3,(H,24,26). The fraction of sp³-hybridized carbons (Fsp3) is 0.0870. The summed E-state index contributed by atoms with van der Waals surface area (Å²) in [5, 5.41) is 15.2. The molecule has 2 aromatic carbocycles. The van der Waals surface area contributed by atoms with E-state index in [2.05, 4.69) is 15.3 Å². The molecule has 0 aliphatic rings. The van der Waals surface area contributed by atoms with Crippen molar-refractivity contribution in [2.45, 2.75) is 13.0 Å². The number of hydrogen-bond acceptors (Lipinski definition) is 5. The Morgan fingerprint density at radius 3 is 2.43 bits per heavy atom. The Morgan fingerprint density at radius 2 is 1.71 bits per heavy atom. The first-order chi connectivity index (χ1) is 13.6. The van der Waals surface area contributed by atoms with Crippen LogP contribution in [0.4, 0.5) is 5.82 Å². The third-order valence-electron chi connectivity index (χ3n) is 4.70. The molecule has 28 heavy (non-hydrogen) atoms. The molecule has 0 bridgehead atoms. The summed E-state index contributed by atoms with van der Waals surface area (Å²) in [5.74, 6) is 0.823. The summed E-state index contributed by atoms with van der Waals surface area (Å²) in [6.45, 7) is 1.54. The summed E-state index contributed by atoms with van der Waals surface area (Å²) in [5.41, 5.74) is 2.78. The van der Waals surface area contributed by atoms with Crippen molar-refractivity contribution in [1.29, 1.82) is 0 Å². The maximum atomic E-state index is 11.6. The third kappa shape index (κ3) is 3.42. The molecule has 5 heteroatoms. The quantitative estimate of drug-likeness (QED) is 0.497. The van der Waals surface area contributed by atoms with Crippen LogP contribution in [-0.2, 0) is 0 Å². The van der Waals surface area contributed by atoms with Crippen LogP contribution in [0, 0.1) is 0 Å². The van der Waals surface area contributed by atoms with Crippen molar-refractivity contribution in [3.8, 4) is 5.75 Å². The molecule has 0 aliphatic heterocycles. The lowest BCUT2D eigenvalue weighted by atomic mass is 9.95. The second kappa shape index (κ2) is 7.48. The van der Waals surface area contributed by atoms with E-state index in [0.29, 0.717) is 22.5 Å². The average molecular weight is 369 g/mol. The number of fused-ring (bicyclic) bond motifs is 1. The maximum absolute atomic E-state index is 11.6. The van der Waals surface area contributed by atoms with E-state index in [4.69, 9.17) is 0 Å². The first-order valence-corrected chi connectivity index (χ1v) is 8.98. The van der Waals surface area contributed by atoms with Crippen LogP contribution in [0.25, 0.3) is 10.9 Å². The highest BCUT2D eigenvalue weighted by Gasteiger charge is 2.20. The Bertz CT molecular complexity index is 1130. The SMILES string of the molecule is CC(=O)c1ccc(C(Nc2ccccn2)c2ccc3cccnc3c2O)cc1. The molecule has 0 spiro atoms. The van der Waals surface area contributed by atoms with Gasteiger partial charge in [0.25, 0.3) is 0 Å². The van der Waals surface area contributed by atoms with Gasteiger partial charge in [0.15, 0.2) is 5.78 Å². The summed E-state index contributed by atoms with van der Waals surface area (Å²) in [6, 6.07) is 20.2. The average Bonchev–Trinajstić information content (AvgIpc) is 2.74. The Balaban J connectivity index is 1.83. The molecule has 138 valence electrons. The van der Waals surface area contributed by atoms with Crippen LogP contribution in [0.15, 0.2) is 79.1 Å². The van der Waals surface area contributed by atoms with Gasteiger partial charge in [0.1, 0.15) is 17.1 Å². The lowest BCUT2D eigenvalue weighted by Crippen LogP contribution is -2.14. The van der Waals surface area contributed by atoms with E-state index < -0.39 is 0 Å². The number of ketones is 1. The van der Waals surface area contributed by atoms with Gasteiger partial charge < -0.3 is 10.4 Å². The first-order valence-electron chi connectivity index (χ1n) is 8.98. The molecule has 1 unspecified atom stereocenters.